The number of rotatable bonds is 2. The molecule has 1 heterocycles. The fraction of sp³-hybridized carbons (Fsp3) is 0.889. The van der Waals surface area contributed by atoms with E-state index in [1.807, 2.05) is 0 Å². The lowest BCUT2D eigenvalue weighted by atomic mass is 9.75. The van der Waals surface area contributed by atoms with Crippen molar-refractivity contribution in [1.82, 2.24) is 4.90 Å². The highest BCUT2D eigenvalue weighted by Gasteiger charge is 2.41. The van der Waals surface area contributed by atoms with Crippen LogP contribution in [0.25, 0.3) is 0 Å². The van der Waals surface area contributed by atoms with E-state index in [2.05, 4.69) is 31.9 Å². The molecule has 11 heavy (non-hydrogen) atoms. The van der Waals surface area contributed by atoms with Gasteiger partial charge in [0.1, 0.15) is 0 Å². The molecule has 0 amide bonds. The summed E-state index contributed by atoms with van der Waals surface area (Å²) in [5.41, 5.74) is -0.0110. The van der Waals surface area contributed by atoms with Crippen molar-refractivity contribution in [2.24, 2.45) is 11.3 Å². The molecule has 1 aliphatic rings. The number of hydrogen-bond donors (Lipinski definition) is 0. The summed E-state index contributed by atoms with van der Waals surface area (Å²) < 4.78 is 0. The average molecular weight is 152 g/mol. The van der Waals surface area contributed by atoms with Gasteiger partial charge in [0.15, 0.2) is 0 Å². The van der Waals surface area contributed by atoms with Crippen LogP contribution in [0.2, 0.25) is 0 Å². The van der Waals surface area contributed by atoms with E-state index in [4.69, 9.17) is 5.26 Å². The SMILES string of the molecule is CC(C)CC1(C#N)CN(C)C1. The predicted molar refractivity (Wildman–Crippen MR) is 45.0 cm³/mol. The van der Waals surface area contributed by atoms with Crippen LogP contribution in [0.5, 0.6) is 0 Å². The molecule has 0 bridgehead atoms. The van der Waals surface area contributed by atoms with Crippen LogP contribution in [0.3, 0.4) is 0 Å². The molecule has 62 valence electrons. The minimum absolute atomic E-state index is 0.0110. The van der Waals surface area contributed by atoms with Gasteiger partial charge in [-0.3, -0.25) is 0 Å². The van der Waals surface area contributed by atoms with Crippen molar-refractivity contribution in [3.8, 4) is 6.07 Å². The maximum absolute atomic E-state index is 8.93. The molecule has 0 atom stereocenters. The number of hydrogen-bond acceptors (Lipinski definition) is 2. The fourth-order valence-electron chi connectivity index (χ4n) is 2.01. The van der Waals surface area contributed by atoms with Gasteiger partial charge in [-0.15, -0.1) is 0 Å². The van der Waals surface area contributed by atoms with Crippen molar-refractivity contribution in [3.63, 3.8) is 0 Å². The molecule has 1 rings (SSSR count). The largest absolute Gasteiger partial charge is 0.303 e. The molecule has 1 aliphatic heterocycles. The lowest BCUT2D eigenvalue weighted by Crippen LogP contribution is -2.53. The second-order valence-corrected chi connectivity index (χ2v) is 4.16. The summed E-state index contributed by atoms with van der Waals surface area (Å²) in [6, 6.07) is 2.44. The predicted octanol–water partition coefficient (Wildman–Crippen LogP) is 1.49. The van der Waals surface area contributed by atoms with Crippen molar-refractivity contribution >= 4 is 0 Å². The lowest BCUT2D eigenvalue weighted by Gasteiger charge is -2.44. The summed E-state index contributed by atoms with van der Waals surface area (Å²) in [7, 11) is 2.07. The van der Waals surface area contributed by atoms with E-state index in [-0.39, 0.29) is 5.41 Å². The highest BCUT2D eigenvalue weighted by Crippen LogP contribution is 2.34. The van der Waals surface area contributed by atoms with Gasteiger partial charge in [0, 0.05) is 13.1 Å². The van der Waals surface area contributed by atoms with Gasteiger partial charge in [0.2, 0.25) is 0 Å². The summed E-state index contributed by atoms with van der Waals surface area (Å²) in [6.45, 7) is 6.28. The van der Waals surface area contributed by atoms with Crippen molar-refractivity contribution in [3.05, 3.63) is 0 Å². The van der Waals surface area contributed by atoms with Crippen molar-refractivity contribution < 1.29 is 0 Å². The maximum Gasteiger partial charge on any atom is 0.0829 e. The van der Waals surface area contributed by atoms with Crippen molar-refractivity contribution in [2.45, 2.75) is 20.3 Å². The van der Waals surface area contributed by atoms with E-state index < -0.39 is 0 Å². The molecule has 0 aromatic carbocycles. The average Bonchev–Trinajstić information content (AvgIpc) is 1.82. The first-order chi connectivity index (χ1) is 5.08. The van der Waals surface area contributed by atoms with Crippen LogP contribution < -0.4 is 0 Å². The quantitative estimate of drug-likeness (QED) is 0.599. The van der Waals surface area contributed by atoms with Crippen LogP contribution in [0.1, 0.15) is 20.3 Å². The second-order valence-electron chi connectivity index (χ2n) is 4.16. The normalized spacial score (nSPS) is 22.8. The minimum Gasteiger partial charge on any atom is -0.303 e. The van der Waals surface area contributed by atoms with Gasteiger partial charge in [-0.2, -0.15) is 5.26 Å². The first kappa shape index (κ1) is 8.55. The monoisotopic (exact) mass is 152 g/mol. The van der Waals surface area contributed by atoms with E-state index in [1.54, 1.807) is 0 Å². The molecule has 0 spiro atoms. The third-order valence-electron chi connectivity index (χ3n) is 2.18. The molecule has 0 radical (unpaired) electrons. The zero-order chi connectivity index (χ0) is 8.48. The maximum atomic E-state index is 8.93. The smallest absolute Gasteiger partial charge is 0.0829 e. The summed E-state index contributed by atoms with van der Waals surface area (Å²) >= 11 is 0. The standard InChI is InChI=1S/C9H16N2/c1-8(2)4-9(5-10)6-11(3)7-9/h8H,4,6-7H2,1-3H3. The molecule has 2 nitrogen and oxygen atoms in total. The Morgan fingerprint density at radius 2 is 2.09 bits per heavy atom. The Hall–Kier alpha value is -0.550. The Balaban J connectivity index is 2.46. The molecule has 0 aromatic heterocycles. The van der Waals surface area contributed by atoms with Crippen LogP contribution >= 0.6 is 0 Å². The van der Waals surface area contributed by atoms with Gasteiger partial charge >= 0.3 is 0 Å². The van der Waals surface area contributed by atoms with Crippen LogP contribution in [0, 0.1) is 22.7 Å². The Kier molecular flexibility index (Phi) is 2.20. The summed E-state index contributed by atoms with van der Waals surface area (Å²) in [4.78, 5) is 2.20. The first-order valence-electron chi connectivity index (χ1n) is 4.18. The number of nitriles is 1. The van der Waals surface area contributed by atoms with Crippen molar-refractivity contribution in [2.75, 3.05) is 20.1 Å². The second kappa shape index (κ2) is 2.83. The number of likely N-dealkylation sites (tertiary alicyclic amines) is 1. The van der Waals surface area contributed by atoms with Crippen LogP contribution in [0.4, 0.5) is 0 Å². The lowest BCUT2D eigenvalue weighted by molar-refractivity contribution is 0.0541. The first-order valence-corrected chi connectivity index (χ1v) is 4.18. The Labute approximate surface area is 68.8 Å². The van der Waals surface area contributed by atoms with Crippen LogP contribution in [-0.4, -0.2) is 25.0 Å². The fourth-order valence-corrected chi connectivity index (χ4v) is 2.01. The van der Waals surface area contributed by atoms with E-state index in [1.165, 1.54) is 0 Å². The third kappa shape index (κ3) is 1.72. The third-order valence-corrected chi connectivity index (χ3v) is 2.18. The molecule has 0 aromatic rings. The molecule has 1 saturated heterocycles. The summed E-state index contributed by atoms with van der Waals surface area (Å²) in [5, 5.41) is 8.93. The molecule has 1 fully saturated rings. The highest BCUT2D eigenvalue weighted by molar-refractivity contribution is 5.08. The van der Waals surface area contributed by atoms with Gasteiger partial charge in [0.25, 0.3) is 0 Å². The van der Waals surface area contributed by atoms with Gasteiger partial charge in [-0.25, -0.2) is 0 Å². The van der Waals surface area contributed by atoms with Gasteiger partial charge in [-0.1, -0.05) is 13.8 Å². The number of nitrogens with zero attached hydrogens (tertiary/aromatic N) is 2. The van der Waals surface area contributed by atoms with E-state index in [0.717, 1.165) is 19.5 Å². The Morgan fingerprint density at radius 3 is 2.36 bits per heavy atom. The molecule has 0 aliphatic carbocycles. The van der Waals surface area contributed by atoms with Crippen LogP contribution in [-0.2, 0) is 0 Å². The zero-order valence-corrected chi connectivity index (χ0v) is 7.59. The molecular weight excluding hydrogens is 136 g/mol. The molecule has 0 saturated carbocycles. The molecule has 2 heteroatoms. The Morgan fingerprint density at radius 1 is 1.55 bits per heavy atom. The van der Waals surface area contributed by atoms with Crippen molar-refractivity contribution in [1.29, 1.82) is 5.26 Å². The zero-order valence-electron chi connectivity index (χ0n) is 7.59. The molecular formula is C9H16N2. The summed E-state index contributed by atoms with van der Waals surface area (Å²) in [6.07, 6.45) is 1.05. The van der Waals surface area contributed by atoms with Gasteiger partial charge < -0.3 is 4.90 Å². The van der Waals surface area contributed by atoms with Crippen LogP contribution in [0.15, 0.2) is 0 Å². The van der Waals surface area contributed by atoms with Gasteiger partial charge in [-0.05, 0) is 19.4 Å². The topological polar surface area (TPSA) is 27.0 Å². The molecule has 0 unspecified atom stereocenters. The van der Waals surface area contributed by atoms with E-state index in [0.29, 0.717) is 5.92 Å². The summed E-state index contributed by atoms with van der Waals surface area (Å²) in [5.74, 6) is 0.642. The Bertz CT molecular complexity index is 172. The minimum atomic E-state index is -0.0110. The molecule has 0 N–H and O–H groups in total. The van der Waals surface area contributed by atoms with E-state index in [9.17, 15) is 0 Å². The van der Waals surface area contributed by atoms with E-state index >= 15 is 0 Å². The highest BCUT2D eigenvalue weighted by atomic mass is 15.2. The van der Waals surface area contributed by atoms with Gasteiger partial charge in [0.05, 0.1) is 11.5 Å².